The molecule has 1 aliphatic carbocycles. The van der Waals surface area contributed by atoms with E-state index in [1.54, 1.807) is 18.7 Å². The van der Waals surface area contributed by atoms with Gasteiger partial charge in [-0.1, -0.05) is 13.2 Å². The van der Waals surface area contributed by atoms with Gasteiger partial charge in [0, 0.05) is 31.9 Å². The fourth-order valence-corrected chi connectivity index (χ4v) is 3.58. The van der Waals surface area contributed by atoms with Crippen LogP contribution in [0, 0.1) is 12.3 Å². The molecule has 0 atom stereocenters. The van der Waals surface area contributed by atoms with Crippen molar-refractivity contribution in [3.8, 4) is 5.88 Å². The topological polar surface area (TPSA) is 92.5 Å². The first-order valence-corrected chi connectivity index (χ1v) is 10.8. The molecule has 1 aromatic rings. The maximum Gasteiger partial charge on any atom is 0.397 e. The van der Waals surface area contributed by atoms with Crippen LogP contribution in [-0.4, -0.2) is 76.5 Å². The van der Waals surface area contributed by atoms with Crippen LogP contribution in [0.2, 0.25) is 0 Å². The number of piperazine rings is 1. The van der Waals surface area contributed by atoms with Crippen LogP contribution in [0.15, 0.2) is 40.8 Å². The number of allylic oxidation sites excluding steroid dienone is 1. The molecule has 34 heavy (non-hydrogen) atoms. The quantitative estimate of drug-likeness (QED) is 0.646. The molecule has 4 rings (SSSR count). The molecule has 0 N–H and O–H groups in total. The van der Waals surface area contributed by atoms with Crippen LogP contribution in [-0.2, 0) is 4.74 Å². The van der Waals surface area contributed by atoms with E-state index in [0.717, 1.165) is 0 Å². The van der Waals surface area contributed by atoms with Crippen molar-refractivity contribution in [1.82, 2.24) is 19.8 Å². The molecule has 1 saturated heterocycles. The molecule has 0 spiro atoms. The van der Waals surface area contributed by atoms with E-state index in [0.29, 0.717) is 49.5 Å². The summed E-state index contributed by atoms with van der Waals surface area (Å²) < 4.78 is 50.2. The predicted molar refractivity (Wildman–Crippen MR) is 117 cm³/mol. The van der Waals surface area contributed by atoms with Gasteiger partial charge in [-0.15, -0.1) is 0 Å². The molecule has 1 saturated carbocycles. The molecule has 3 aliphatic rings. The van der Waals surface area contributed by atoms with Crippen LogP contribution in [0.4, 0.5) is 13.2 Å². The molecule has 0 aromatic carbocycles. The summed E-state index contributed by atoms with van der Waals surface area (Å²) in [5.74, 6) is 0.393. The average Bonchev–Trinajstić information content (AvgIpc) is 3.50. The lowest BCUT2D eigenvalue weighted by Gasteiger charge is -2.34. The van der Waals surface area contributed by atoms with Gasteiger partial charge in [0.05, 0.1) is 6.20 Å². The van der Waals surface area contributed by atoms with Crippen molar-refractivity contribution >= 4 is 17.8 Å². The maximum atomic E-state index is 13.1. The van der Waals surface area contributed by atoms with Gasteiger partial charge in [-0.25, -0.2) is 15.0 Å². The molecule has 9 nitrogen and oxygen atoms in total. The minimum absolute atomic E-state index is 0.000691. The summed E-state index contributed by atoms with van der Waals surface area (Å²) in [6.07, 6.45) is -3.00. The Bertz CT molecular complexity index is 1090. The van der Waals surface area contributed by atoms with Gasteiger partial charge in [0.15, 0.2) is 11.6 Å². The highest BCUT2D eigenvalue weighted by Gasteiger charge is 2.64. The Labute approximate surface area is 194 Å². The lowest BCUT2D eigenvalue weighted by molar-refractivity contribution is -0.194. The zero-order valence-electron chi connectivity index (χ0n) is 19.0. The standard InChI is InChI=1S/C22H25F3N6O3/c1-13(2)27-17-15(4)34-20(29-17)31-9-7-30(8-10-31)19(32)16-11-26-18(14(3)28-16)33-12-21(5-6-21)22(23,24)25/h11H,1,4-10,12H2,2-3H3. The Morgan fingerprint density at radius 1 is 1.29 bits per heavy atom. The SMILES string of the molecule is C=C(C)N=C1N=C(N2CCN(C(=O)c3cnc(OCC4(C(F)(F)F)CC4)c(C)n3)CC2)OC1=C. The molecule has 2 fully saturated rings. The van der Waals surface area contributed by atoms with Crippen molar-refractivity contribution in [2.45, 2.75) is 32.9 Å². The van der Waals surface area contributed by atoms with Gasteiger partial charge in [-0.3, -0.25) is 4.79 Å². The summed E-state index contributed by atoms with van der Waals surface area (Å²) in [6.45, 7) is 12.1. The van der Waals surface area contributed by atoms with Gasteiger partial charge in [-0.05, 0) is 26.7 Å². The molecule has 12 heteroatoms. The third-order valence-electron chi connectivity index (χ3n) is 5.86. The zero-order valence-corrected chi connectivity index (χ0v) is 19.0. The highest BCUT2D eigenvalue weighted by molar-refractivity contribution is 6.09. The number of nitrogens with zero attached hydrogens (tertiary/aromatic N) is 6. The lowest BCUT2D eigenvalue weighted by atomic mass is 10.1. The second kappa shape index (κ2) is 8.73. The van der Waals surface area contributed by atoms with Crippen LogP contribution in [0.25, 0.3) is 0 Å². The summed E-state index contributed by atoms with van der Waals surface area (Å²) in [5.41, 5.74) is -0.847. The first-order chi connectivity index (χ1) is 16.0. The van der Waals surface area contributed by atoms with Gasteiger partial charge >= 0.3 is 6.18 Å². The number of hydrogen-bond donors (Lipinski definition) is 0. The third kappa shape index (κ3) is 4.75. The van der Waals surface area contributed by atoms with Crippen molar-refractivity contribution in [2.24, 2.45) is 15.4 Å². The fourth-order valence-electron chi connectivity index (χ4n) is 3.58. The van der Waals surface area contributed by atoms with E-state index in [1.807, 2.05) is 4.90 Å². The molecule has 0 bridgehead atoms. The molecule has 0 unspecified atom stereocenters. The van der Waals surface area contributed by atoms with E-state index in [4.69, 9.17) is 9.47 Å². The van der Waals surface area contributed by atoms with E-state index >= 15 is 0 Å². The van der Waals surface area contributed by atoms with Gasteiger partial charge in [0.25, 0.3) is 11.9 Å². The Balaban J connectivity index is 1.34. The average molecular weight is 478 g/mol. The minimum Gasteiger partial charge on any atom is -0.475 e. The number of carbonyl (C=O) groups excluding carboxylic acids is 1. The number of amides is 1. The van der Waals surface area contributed by atoms with E-state index in [1.165, 1.54) is 6.20 Å². The smallest absolute Gasteiger partial charge is 0.397 e. The largest absolute Gasteiger partial charge is 0.475 e. The molecule has 1 amide bonds. The van der Waals surface area contributed by atoms with Crippen LogP contribution < -0.4 is 4.74 Å². The Kier molecular flexibility index (Phi) is 6.09. The number of alkyl halides is 3. The fraction of sp³-hybridized carbons (Fsp3) is 0.500. The number of amidine groups is 2. The summed E-state index contributed by atoms with van der Waals surface area (Å²) in [4.78, 5) is 33.2. The van der Waals surface area contributed by atoms with Crippen LogP contribution in [0.5, 0.6) is 5.88 Å². The summed E-state index contributed by atoms with van der Waals surface area (Å²) in [5, 5.41) is 0. The molecular weight excluding hydrogens is 453 g/mol. The van der Waals surface area contributed by atoms with Gasteiger partial charge in [-0.2, -0.15) is 18.2 Å². The maximum absolute atomic E-state index is 13.1. The highest BCUT2D eigenvalue weighted by atomic mass is 19.4. The lowest BCUT2D eigenvalue weighted by Crippen LogP contribution is -2.50. The number of halogens is 3. The monoisotopic (exact) mass is 478 g/mol. The number of aromatic nitrogens is 2. The second-order valence-electron chi connectivity index (χ2n) is 8.58. The number of aliphatic imine (C=N–C) groups is 2. The Morgan fingerprint density at radius 3 is 2.53 bits per heavy atom. The number of carbonyl (C=O) groups is 1. The highest BCUT2D eigenvalue weighted by Crippen LogP contribution is 2.57. The van der Waals surface area contributed by atoms with Crippen molar-refractivity contribution in [1.29, 1.82) is 0 Å². The van der Waals surface area contributed by atoms with Crippen molar-refractivity contribution in [3.05, 3.63) is 42.2 Å². The molecular formula is C22H25F3N6O3. The van der Waals surface area contributed by atoms with E-state index in [2.05, 4.69) is 33.1 Å². The van der Waals surface area contributed by atoms with Crippen molar-refractivity contribution < 1.29 is 27.4 Å². The summed E-state index contributed by atoms with van der Waals surface area (Å²) in [6, 6.07) is 0.376. The molecule has 2 aliphatic heterocycles. The van der Waals surface area contributed by atoms with Crippen molar-refractivity contribution in [3.63, 3.8) is 0 Å². The summed E-state index contributed by atoms with van der Waals surface area (Å²) in [7, 11) is 0. The van der Waals surface area contributed by atoms with Gasteiger partial charge in [0.2, 0.25) is 5.88 Å². The van der Waals surface area contributed by atoms with Gasteiger partial charge < -0.3 is 19.3 Å². The molecule has 3 heterocycles. The molecule has 0 radical (unpaired) electrons. The minimum atomic E-state index is -4.31. The normalized spacial score (nSPS) is 20.8. The van der Waals surface area contributed by atoms with E-state index in [-0.39, 0.29) is 36.0 Å². The predicted octanol–water partition coefficient (Wildman–Crippen LogP) is 3.10. The van der Waals surface area contributed by atoms with Crippen LogP contribution in [0.1, 0.15) is 35.9 Å². The second-order valence-corrected chi connectivity index (χ2v) is 8.58. The molecule has 182 valence electrons. The van der Waals surface area contributed by atoms with Crippen LogP contribution >= 0.6 is 0 Å². The first kappa shape index (κ1) is 23.7. The van der Waals surface area contributed by atoms with E-state index in [9.17, 15) is 18.0 Å². The molecule has 1 aromatic heterocycles. The third-order valence-corrected chi connectivity index (χ3v) is 5.86. The Hall–Kier alpha value is -3.44. The first-order valence-electron chi connectivity index (χ1n) is 10.8. The van der Waals surface area contributed by atoms with Crippen molar-refractivity contribution in [2.75, 3.05) is 32.8 Å². The van der Waals surface area contributed by atoms with E-state index < -0.39 is 18.2 Å². The number of rotatable bonds is 5. The summed E-state index contributed by atoms with van der Waals surface area (Å²) >= 11 is 0. The van der Waals surface area contributed by atoms with Gasteiger partial charge in [0.1, 0.15) is 23.4 Å². The zero-order chi connectivity index (χ0) is 24.7. The number of aryl methyl sites for hydroxylation is 1. The van der Waals surface area contributed by atoms with Crippen LogP contribution in [0.3, 0.4) is 0 Å². The Morgan fingerprint density at radius 2 is 1.97 bits per heavy atom. The number of ether oxygens (including phenoxy) is 2. The number of hydrogen-bond acceptors (Lipinski definition) is 7.